The number of aromatic nitrogens is 1. The molecule has 1 aromatic heterocycles. The van der Waals surface area contributed by atoms with E-state index in [9.17, 15) is 14.9 Å². The number of nitrogens with one attached hydrogen (secondary N) is 2. The van der Waals surface area contributed by atoms with Crippen LogP contribution >= 0.6 is 0 Å². The number of carbonyl (C=O) groups is 1. The summed E-state index contributed by atoms with van der Waals surface area (Å²) in [7, 11) is 0. The molecule has 0 spiro atoms. The van der Waals surface area contributed by atoms with Crippen LogP contribution in [-0.4, -0.2) is 15.8 Å². The first-order valence-electron chi connectivity index (χ1n) is 8.10. The van der Waals surface area contributed by atoms with Crippen LogP contribution in [0.4, 0.5) is 5.69 Å². The predicted molar refractivity (Wildman–Crippen MR) is 96.1 cm³/mol. The fourth-order valence-corrected chi connectivity index (χ4v) is 2.82. The molecule has 0 saturated carbocycles. The molecule has 1 heterocycles. The number of H-pyrrole nitrogens is 1. The van der Waals surface area contributed by atoms with Gasteiger partial charge in [-0.1, -0.05) is 37.3 Å². The van der Waals surface area contributed by atoms with Gasteiger partial charge in [0.25, 0.3) is 5.69 Å². The number of nitro benzene ring substituents is 1. The third kappa shape index (κ3) is 3.85. The maximum absolute atomic E-state index is 12.3. The number of aromatic amines is 1. The van der Waals surface area contributed by atoms with Crippen molar-refractivity contribution in [1.29, 1.82) is 0 Å². The maximum Gasteiger partial charge on any atom is 0.269 e. The number of hydrogen-bond donors (Lipinski definition) is 2. The quantitative estimate of drug-likeness (QED) is 0.532. The second-order valence-electron chi connectivity index (χ2n) is 6.11. The van der Waals surface area contributed by atoms with Crippen molar-refractivity contribution < 1.29 is 9.72 Å². The summed E-state index contributed by atoms with van der Waals surface area (Å²) in [5.74, 6) is -0.208. The van der Waals surface area contributed by atoms with E-state index in [4.69, 9.17) is 0 Å². The highest BCUT2D eigenvalue weighted by atomic mass is 16.6. The number of amides is 1. The molecule has 1 unspecified atom stereocenters. The molecular formula is C19H19N3O3. The van der Waals surface area contributed by atoms with Crippen LogP contribution in [0.3, 0.4) is 0 Å². The molecule has 2 aromatic carbocycles. The Labute approximate surface area is 145 Å². The fraction of sp³-hybridized carbons (Fsp3) is 0.211. The van der Waals surface area contributed by atoms with Crippen LogP contribution in [0, 0.1) is 16.0 Å². The maximum atomic E-state index is 12.3. The number of hydrogen-bond acceptors (Lipinski definition) is 3. The summed E-state index contributed by atoms with van der Waals surface area (Å²) in [5, 5.41) is 14.7. The van der Waals surface area contributed by atoms with Crippen LogP contribution in [0.5, 0.6) is 0 Å². The van der Waals surface area contributed by atoms with Crippen molar-refractivity contribution in [1.82, 2.24) is 10.3 Å². The van der Waals surface area contributed by atoms with Gasteiger partial charge in [-0.25, -0.2) is 0 Å². The number of nitro groups is 1. The largest absolute Gasteiger partial charge is 0.361 e. The molecule has 0 aliphatic carbocycles. The van der Waals surface area contributed by atoms with E-state index in [1.54, 1.807) is 12.1 Å². The summed E-state index contributed by atoms with van der Waals surface area (Å²) in [6, 6.07) is 14.2. The van der Waals surface area contributed by atoms with Crippen LogP contribution in [-0.2, 0) is 17.8 Å². The first-order valence-corrected chi connectivity index (χ1v) is 8.10. The zero-order chi connectivity index (χ0) is 17.8. The van der Waals surface area contributed by atoms with Gasteiger partial charge in [-0.05, 0) is 23.6 Å². The summed E-state index contributed by atoms with van der Waals surface area (Å²) >= 11 is 0. The Balaban J connectivity index is 1.58. The molecule has 0 radical (unpaired) electrons. The van der Waals surface area contributed by atoms with Gasteiger partial charge in [-0.15, -0.1) is 0 Å². The van der Waals surface area contributed by atoms with Gasteiger partial charge < -0.3 is 10.3 Å². The number of benzene rings is 2. The summed E-state index contributed by atoms with van der Waals surface area (Å²) < 4.78 is 0. The first kappa shape index (κ1) is 16.7. The summed E-state index contributed by atoms with van der Waals surface area (Å²) in [4.78, 5) is 25.7. The smallest absolute Gasteiger partial charge is 0.269 e. The molecular weight excluding hydrogens is 318 g/mol. The second kappa shape index (κ2) is 7.17. The minimum atomic E-state index is -0.439. The summed E-state index contributed by atoms with van der Waals surface area (Å²) in [5.41, 5.74) is 3.06. The molecule has 6 heteroatoms. The monoisotopic (exact) mass is 337 g/mol. The molecule has 3 aromatic rings. The van der Waals surface area contributed by atoms with Crippen molar-refractivity contribution in [2.45, 2.75) is 19.9 Å². The Morgan fingerprint density at radius 3 is 2.64 bits per heavy atom. The average Bonchev–Trinajstić information content (AvgIpc) is 3.03. The molecule has 2 N–H and O–H groups in total. The van der Waals surface area contributed by atoms with Gasteiger partial charge in [-0.2, -0.15) is 0 Å². The number of non-ortho nitro benzene ring substituents is 1. The molecule has 1 amide bonds. The molecule has 0 bridgehead atoms. The second-order valence-corrected chi connectivity index (χ2v) is 6.11. The highest BCUT2D eigenvalue weighted by molar-refractivity contribution is 5.84. The molecule has 0 fully saturated rings. The third-order valence-corrected chi connectivity index (χ3v) is 4.26. The van der Waals surface area contributed by atoms with Gasteiger partial charge in [-0.3, -0.25) is 14.9 Å². The van der Waals surface area contributed by atoms with E-state index in [-0.39, 0.29) is 17.5 Å². The normalized spacial score (nSPS) is 12.0. The minimum absolute atomic E-state index is 0.0383. The highest BCUT2D eigenvalue weighted by Crippen LogP contribution is 2.21. The van der Waals surface area contributed by atoms with Gasteiger partial charge in [0, 0.05) is 41.7 Å². The van der Waals surface area contributed by atoms with Crippen molar-refractivity contribution in [3.05, 3.63) is 76.0 Å². The number of carbonyl (C=O) groups excluding carboxylic acids is 1. The van der Waals surface area contributed by atoms with E-state index in [0.29, 0.717) is 13.0 Å². The van der Waals surface area contributed by atoms with Crippen molar-refractivity contribution in [3.63, 3.8) is 0 Å². The molecule has 0 aliphatic rings. The lowest BCUT2D eigenvalue weighted by Gasteiger charge is -2.12. The van der Waals surface area contributed by atoms with Crippen LogP contribution in [0.15, 0.2) is 54.7 Å². The predicted octanol–water partition coefficient (Wildman–Crippen LogP) is 3.57. The minimum Gasteiger partial charge on any atom is -0.361 e. The Hall–Kier alpha value is -3.15. The average molecular weight is 337 g/mol. The van der Waals surface area contributed by atoms with Gasteiger partial charge in [0.2, 0.25) is 5.91 Å². The van der Waals surface area contributed by atoms with Crippen LogP contribution in [0.1, 0.15) is 18.1 Å². The summed E-state index contributed by atoms with van der Waals surface area (Å²) in [6.45, 7) is 2.25. The lowest BCUT2D eigenvalue weighted by molar-refractivity contribution is -0.384. The summed E-state index contributed by atoms with van der Waals surface area (Å²) in [6.07, 6.45) is 2.60. The number of para-hydroxylation sites is 1. The van der Waals surface area contributed by atoms with Crippen LogP contribution in [0.2, 0.25) is 0 Å². The topological polar surface area (TPSA) is 88.0 Å². The number of rotatable bonds is 6. The van der Waals surface area contributed by atoms with E-state index >= 15 is 0 Å². The highest BCUT2D eigenvalue weighted by Gasteiger charge is 2.15. The Kier molecular flexibility index (Phi) is 4.79. The lowest BCUT2D eigenvalue weighted by Crippen LogP contribution is -2.29. The van der Waals surface area contributed by atoms with Crippen molar-refractivity contribution in [2.24, 2.45) is 5.92 Å². The van der Waals surface area contributed by atoms with Crippen LogP contribution in [0.25, 0.3) is 10.9 Å². The van der Waals surface area contributed by atoms with Crippen molar-refractivity contribution in [3.8, 4) is 0 Å². The molecule has 128 valence electrons. The first-order chi connectivity index (χ1) is 12.0. The van der Waals surface area contributed by atoms with Crippen molar-refractivity contribution in [2.75, 3.05) is 0 Å². The molecule has 3 rings (SSSR count). The Morgan fingerprint density at radius 1 is 1.20 bits per heavy atom. The van der Waals surface area contributed by atoms with Gasteiger partial charge >= 0.3 is 0 Å². The molecule has 25 heavy (non-hydrogen) atoms. The van der Waals surface area contributed by atoms with E-state index in [1.165, 1.54) is 12.1 Å². The van der Waals surface area contributed by atoms with Gasteiger partial charge in [0.05, 0.1) is 4.92 Å². The Bertz CT molecular complexity index is 900. The zero-order valence-electron chi connectivity index (χ0n) is 13.9. The molecule has 6 nitrogen and oxygen atoms in total. The van der Waals surface area contributed by atoms with E-state index in [1.807, 2.05) is 37.4 Å². The molecule has 1 atom stereocenters. The fourth-order valence-electron chi connectivity index (χ4n) is 2.82. The Morgan fingerprint density at radius 2 is 1.92 bits per heavy atom. The van der Waals surface area contributed by atoms with Gasteiger partial charge in [0.1, 0.15) is 0 Å². The molecule has 0 aliphatic heterocycles. The number of nitrogens with zero attached hydrogens (tertiary/aromatic N) is 1. The lowest BCUT2D eigenvalue weighted by atomic mass is 10.00. The SMILES string of the molecule is CC(Cc1c[nH]c2ccccc12)C(=O)NCc1ccc([N+](=O)[O-])cc1. The zero-order valence-corrected chi connectivity index (χ0v) is 13.9. The van der Waals surface area contributed by atoms with E-state index < -0.39 is 4.92 Å². The van der Waals surface area contributed by atoms with Crippen LogP contribution < -0.4 is 5.32 Å². The molecule has 0 saturated heterocycles. The van der Waals surface area contributed by atoms with E-state index in [0.717, 1.165) is 22.0 Å². The standard InChI is InChI=1S/C19H19N3O3/c1-13(10-15-12-20-18-5-3-2-4-17(15)18)19(23)21-11-14-6-8-16(9-7-14)22(24)25/h2-9,12-13,20H,10-11H2,1H3,(H,21,23). The van der Waals surface area contributed by atoms with E-state index in [2.05, 4.69) is 10.3 Å². The van der Waals surface area contributed by atoms with Crippen molar-refractivity contribution >= 4 is 22.5 Å². The van der Waals surface area contributed by atoms with Gasteiger partial charge in [0.15, 0.2) is 0 Å². The number of fused-ring (bicyclic) bond motifs is 1. The third-order valence-electron chi connectivity index (χ3n) is 4.26.